The number of fused-ring (bicyclic) bond motifs is 1. The first-order valence-electron chi connectivity index (χ1n) is 8.86. The van der Waals surface area contributed by atoms with Gasteiger partial charge in [0.15, 0.2) is 11.6 Å². The van der Waals surface area contributed by atoms with Gasteiger partial charge in [0.1, 0.15) is 0 Å². The first-order chi connectivity index (χ1) is 12.6. The summed E-state index contributed by atoms with van der Waals surface area (Å²) in [6, 6.07) is 20.7. The summed E-state index contributed by atoms with van der Waals surface area (Å²) in [7, 11) is 0. The molecular weight excluding hydrogens is 322 g/mol. The zero-order valence-corrected chi connectivity index (χ0v) is 14.6. The predicted octanol–water partition coefficient (Wildman–Crippen LogP) is 4.74. The zero-order valence-electron chi connectivity index (χ0n) is 14.6. The fourth-order valence-corrected chi connectivity index (χ4v) is 3.56. The van der Waals surface area contributed by atoms with Crippen molar-refractivity contribution in [3.63, 3.8) is 0 Å². The van der Waals surface area contributed by atoms with Gasteiger partial charge in [0.25, 0.3) is 0 Å². The Morgan fingerprint density at radius 2 is 1.62 bits per heavy atom. The quantitative estimate of drug-likeness (QED) is 0.646. The van der Waals surface area contributed by atoms with E-state index in [1.54, 1.807) is 18.2 Å². The molecule has 1 aromatic heterocycles. The van der Waals surface area contributed by atoms with E-state index in [9.17, 15) is 9.59 Å². The van der Waals surface area contributed by atoms with Gasteiger partial charge in [0, 0.05) is 23.1 Å². The van der Waals surface area contributed by atoms with Crippen molar-refractivity contribution in [2.45, 2.75) is 19.8 Å². The van der Waals surface area contributed by atoms with Gasteiger partial charge in [-0.25, -0.2) is 0 Å². The maximum Gasteiger partial charge on any atom is 0.193 e. The Bertz CT molecular complexity index is 978. The highest BCUT2D eigenvalue weighted by Gasteiger charge is 2.29. The summed E-state index contributed by atoms with van der Waals surface area (Å²) in [5.74, 6) is 0.141. The molecule has 4 rings (SSSR count). The summed E-state index contributed by atoms with van der Waals surface area (Å²) >= 11 is 0. The van der Waals surface area contributed by atoms with Crippen molar-refractivity contribution in [3.05, 3.63) is 89.1 Å². The molecule has 1 unspecified atom stereocenters. The molecule has 1 aliphatic carbocycles. The summed E-state index contributed by atoms with van der Waals surface area (Å²) in [4.78, 5) is 30.6. The molecule has 0 aliphatic heterocycles. The molecule has 0 spiro atoms. The van der Waals surface area contributed by atoms with E-state index in [1.165, 1.54) is 0 Å². The maximum absolute atomic E-state index is 13.1. The van der Waals surface area contributed by atoms with Gasteiger partial charge in [-0.2, -0.15) is 0 Å². The van der Waals surface area contributed by atoms with Gasteiger partial charge >= 0.3 is 0 Å². The fourth-order valence-electron chi connectivity index (χ4n) is 3.56. The van der Waals surface area contributed by atoms with E-state index in [0.29, 0.717) is 23.1 Å². The molecule has 0 N–H and O–H groups in total. The minimum absolute atomic E-state index is 0.0187. The van der Waals surface area contributed by atoms with Gasteiger partial charge in [-0.05, 0) is 18.4 Å². The smallest absolute Gasteiger partial charge is 0.193 e. The first kappa shape index (κ1) is 16.4. The number of hydrogen-bond acceptors (Lipinski definition) is 3. The number of benzene rings is 2. The number of hydrogen-bond donors (Lipinski definition) is 0. The van der Waals surface area contributed by atoms with E-state index in [-0.39, 0.29) is 17.5 Å². The van der Waals surface area contributed by atoms with E-state index in [0.717, 1.165) is 23.4 Å². The molecule has 128 valence electrons. The average Bonchev–Trinajstić information content (AvgIpc) is 2.67. The summed E-state index contributed by atoms with van der Waals surface area (Å²) < 4.78 is 0. The van der Waals surface area contributed by atoms with Crippen molar-refractivity contribution < 1.29 is 9.59 Å². The summed E-state index contributed by atoms with van der Waals surface area (Å²) in [6.45, 7) is 2.05. The van der Waals surface area contributed by atoms with Crippen LogP contribution in [-0.4, -0.2) is 16.6 Å². The van der Waals surface area contributed by atoms with Crippen LogP contribution in [0.2, 0.25) is 0 Å². The van der Waals surface area contributed by atoms with Crippen LogP contribution in [0.5, 0.6) is 0 Å². The summed E-state index contributed by atoms with van der Waals surface area (Å²) in [6.07, 6.45) is 1.19. The van der Waals surface area contributed by atoms with E-state index < -0.39 is 0 Å². The van der Waals surface area contributed by atoms with Crippen LogP contribution >= 0.6 is 0 Å². The molecule has 1 atom stereocenters. The van der Waals surface area contributed by atoms with Gasteiger partial charge in [-0.1, -0.05) is 67.6 Å². The Balaban J connectivity index is 1.92. The zero-order chi connectivity index (χ0) is 18.1. The lowest BCUT2D eigenvalue weighted by atomic mass is 9.82. The molecule has 3 heteroatoms. The first-order valence-corrected chi connectivity index (χ1v) is 8.86. The van der Waals surface area contributed by atoms with Gasteiger partial charge in [-0.15, -0.1) is 0 Å². The van der Waals surface area contributed by atoms with Gasteiger partial charge in [0.2, 0.25) is 0 Å². The molecule has 0 bridgehead atoms. The molecule has 0 saturated carbocycles. The van der Waals surface area contributed by atoms with Crippen LogP contribution in [0.4, 0.5) is 0 Å². The van der Waals surface area contributed by atoms with Gasteiger partial charge < -0.3 is 0 Å². The molecule has 3 nitrogen and oxygen atoms in total. The molecule has 0 fully saturated rings. The number of carbonyl (C=O) groups is 2. The second-order valence-electron chi connectivity index (χ2n) is 6.87. The number of ketones is 2. The largest absolute Gasteiger partial charge is 0.294 e. The summed E-state index contributed by atoms with van der Waals surface area (Å²) in [5.41, 5.74) is 4.00. The Morgan fingerprint density at radius 3 is 2.31 bits per heavy atom. The Labute approximate surface area is 152 Å². The number of Topliss-reactive ketones (excluding diaryl/α,β-unsaturated/α-hetero) is 1. The highest BCUT2D eigenvalue weighted by molar-refractivity contribution is 6.16. The third-order valence-electron chi connectivity index (χ3n) is 4.80. The topological polar surface area (TPSA) is 47.0 Å². The maximum atomic E-state index is 13.1. The molecule has 1 aliphatic rings. The fraction of sp³-hybridized carbons (Fsp3) is 0.174. The molecule has 0 radical (unpaired) electrons. The number of carbonyl (C=O) groups excluding carboxylic acids is 2. The molecule has 2 aromatic carbocycles. The van der Waals surface area contributed by atoms with Crippen molar-refractivity contribution in [1.82, 2.24) is 4.98 Å². The minimum atomic E-state index is -0.121. The highest BCUT2D eigenvalue weighted by Crippen LogP contribution is 2.31. The number of aromatic nitrogens is 1. The standard InChI is InChI=1S/C23H19NO2/c1-15-12-20-22(21(25)13-15)18(23(26)17-10-6-3-7-11-17)14-19(24-20)16-8-4-2-5-9-16/h2-11,14-15H,12-13H2,1H3. The third kappa shape index (κ3) is 2.97. The van der Waals surface area contributed by atoms with Crippen LogP contribution in [0.15, 0.2) is 66.7 Å². The van der Waals surface area contributed by atoms with Crippen molar-refractivity contribution in [2.24, 2.45) is 5.92 Å². The Morgan fingerprint density at radius 1 is 0.962 bits per heavy atom. The van der Waals surface area contributed by atoms with Crippen molar-refractivity contribution in [2.75, 3.05) is 0 Å². The predicted molar refractivity (Wildman–Crippen MR) is 101 cm³/mol. The lowest BCUT2D eigenvalue weighted by Gasteiger charge is -2.22. The SMILES string of the molecule is CC1CC(=O)c2c(C(=O)c3ccccc3)cc(-c3ccccc3)nc2C1. The molecular formula is C23H19NO2. The van der Waals surface area contributed by atoms with Crippen molar-refractivity contribution in [3.8, 4) is 11.3 Å². The van der Waals surface area contributed by atoms with Crippen molar-refractivity contribution >= 4 is 11.6 Å². The number of rotatable bonds is 3. The normalized spacial score (nSPS) is 16.2. The van der Waals surface area contributed by atoms with Crippen LogP contribution in [-0.2, 0) is 6.42 Å². The second-order valence-corrected chi connectivity index (χ2v) is 6.87. The second kappa shape index (κ2) is 6.68. The van der Waals surface area contributed by atoms with Gasteiger partial charge in [-0.3, -0.25) is 14.6 Å². The lowest BCUT2D eigenvalue weighted by Crippen LogP contribution is -2.23. The molecule has 0 saturated heterocycles. The highest BCUT2D eigenvalue weighted by atomic mass is 16.1. The van der Waals surface area contributed by atoms with Crippen LogP contribution < -0.4 is 0 Å². The number of nitrogens with zero attached hydrogens (tertiary/aromatic N) is 1. The van der Waals surface area contributed by atoms with E-state index >= 15 is 0 Å². The van der Waals surface area contributed by atoms with E-state index in [1.807, 2.05) is 48.5 Å². The minimum Gasteiger partial charge on any atom is -0.294 e. The average molecular weight is 341 g/mol. The van der Waals surface area contributed by atoms with Crippen LogP contribution in [0.1, 0.15) is 45.3 Å². The Hall–Kier alpha value is -3.07. The van der Waals surface area contributed by atoms with E-state index in [2.05, 4.69) is 6.92 Å². The monoisotopic (exact) mass is 341 g/mol. The third-order valence-corrected chi connectivity index (χ3v) is 4.80. The molecule has 3 aromatic rings. The molecule has 1 heterocycles. The lowest BCUT2D eigenvalue weighted by molar-refractivity contribution is 0.0939. The van der Waals surface area contributed by atoms with Crippen LogP contribution in [0.25, 0.3) is 11.3 Å². The van der Waals surface area contributed by atoms with Crippen LogP contribution in [0, 0.1) is 5.92 Å². The van der Waals surface area contributed by atoms with Crippen molar-refractivity contribution in [1.29, 1.82) is 0 Å². The van der Waals surface area contributed by atoms with Gasteiger partial charge in [0.05, 0.1) is 17.0 Å². The Kier molecular flexibility index (Phi) is 4.21. The van der Waals surface area contributed by atoms with Crippen LogP contribution in [0.3, 0.4) is 0 Å². The summed E-state index contributed by atoms with van der Waals surface area (Å²) in [5, 5.41) is 0. The molecule has 0 amide bonds. The number of pyridine rings is 1. The molecule has 26 heavy (non-hydrogen) atoms. The van der Waals surface area contributed by atoms with E-state index in [4.69, 9.17) is 4.98 Å².